The van der Waals surface area contributed by atoms with Gasteiger partial charge in [0.05, 0.1) is 0 Å². The quantitative estimate of drug-likeness (QED) is 0.484. The number of hydrogen-bond donors (Lipinski definition) is 1. The number of rotatable bonds is 3. The number of carbonyl (C=O) groups is 1. The molecule has 0 aromatic carbocycles. The van der Waals surface area contributed by atoms with Gasteiger partial charge in [-0.3, -0.25) is 4.79 Å². The monoisotopic (exact) mass is 153 g/mol. The fourth-order valence-corrected chi connectivity index (χ4v) is 0.684. The Bertz CT molecular complexity index is 180. The molecule has 1 N–H and O–H groups in total. The van der Waals surface area contributed by atoms with E-state index in [2.05, 4.69) is 12.2 Å². The van der Waals surface area contributed by atoms with Gasteiger partial charge in [-0.1, -0.05) is 24.6 Å². The van der Waals surface area contributed by atoms with E-state index in [0.717, 1.165) is 6.42 Å². The van der Waals surface area contributed by atoms with Crippen LogP contribution in [-0.2, 0) is 4.79 Å². The molecule has 1 amide bonds. The second-order valence-electron chi connectivity index (χ2n) is 2.16. The minimum Gasteiger partial charge on any atom is -0.356 e. The maximum Gasteiger partial charge on any atom is 0.243 e. The van der Waals surface area contributed by atoms with Crippen LogP contribution >= 0.6 is 0 Å². The molecule has 0 aliphatic rings. The lowest BCUT2D eigenvalue weighted by Gasteiger charge is -1.93. The largest absolute Gasteiger partial charge is 0.356 e. The van der Waals surface area contributed by atoms with Gasteiger partial charge in [0.2, 0.25) is 5.91 Å². The molecular weight excluding hydrogens is 138 g/mol. The molecule has 0 aromatic heterocycles. The Balaban J connectivity index is 4.00. The summed E-state index contributed by atoms with van der Waals surface area (Å²) in [6.45, 7) is 4.02. The van der Waals surface area contributed by atoms with E-state index >= 15 is 0 Å². The molecule has 0 spiro atoms. The van der Waals surface area contributed by atoms with Gasteiger partial charge < -0.3 is 5.32 Å². The Morgan fingerprint density at radius 1 is 1.45 bits per heavy atom. The smallest absolute Gasteiger partial charge is 0.243 e. The minimum absolute atomic E-state index is 0.0576. The van der Waals surface area contributed by atoms with E-state index < -0.39 is 0 Å². The lowest BCUT2D eigenvalue weighted by Crippen LogP contribution is -2.13. The van der Waals surface area contributed by atoms with Crippen molar-refractivity contribution >= 4 is 5.91 Å². The van der Waals surface area contributed by atoms with Crippen molar-refractivity contribution in [1.29, 1.82) is 0 Å². The van der Waals surface area contributed by atoms with Gasteiger partial charge in [0.15, 0.2) is 0 Å². The number of carbonyl (C=O) groups excluding carboxylic acids is 1. The zero-order chi connectivity index (χ0) is 8.69. The summed E-state index contributed by atoms with van der Waals surface area (Å²) in [6, 6.07) is 0. The summed E-state index contributed by atoms with van der Waals surface area (Å²) in [5, 5.41) is 2.52. The second-order valence-corrected chi connectivity index (χ2v) is 2.16. The van der Waals surface area contributed by atoms with Crippen molar-refractivity contribution < 1.29 is 4.79 Å². The Hall–Kier alpha value is -1.05. The summed E-state index contributed by atoms with van der Waals surface area (Å²) in [6.07, 6.45) is 6.33. The molecule has 0 saturated heterocycles. The van der Waals surface area contributed by atoms with Gasteiger partial charge in [-0.15, -0.1) is 0 Å². The van der Waals surface area contributed by atoms with Gasteiger partial charge in [-0.25, -0.2) is 0 Å². The second kappa shape index (κ2) is 5.71. The molecule has 0 fully saturated rings. The standard InChI is InChI=1S/C9H15NO/c1-4-8(5-2)6-7-9(11)10-3/h4,6-7H,5H2,1-3H3,(H,10,11)/b7-6+,8-4+. The first-order valence-corrected chi connectivity index (χ1v) is 3.79. The summed E-state index contributed by atoms with van der Waals surface area (Å²) in [4.78, 5) is 10.7. The summed E-state index contributed by atoms with van der Waals surface area (Å²) >= 11 is 0. The number of hydrogen-bond acceptors (Lipinski definition) is 1. The molecule has 0 bridgehead atoms. The predicted octanol–water partition coefficient (Wildman–Crippen LogP) is 1.64. The van der Waals surface area contributed by atoms with E-state index in [0.29, 0.717) is 0 Å². The molecule has 62 valence electrons. The molecule has 0 saturated carbocycles. The molecule has 0 radical (unpaired) electrons. The van der Waals surface area contributed by atoms with Crippen molar-refractivity contribution in [3.63, 3.8) is 0 Å². The summed E-state index contributed by atoms with van der Waals surface area (Å²) in [5.74, 6) is -0.0576. The van der Waals surface area contributed by atoms with Crippen LogP contribution in [0.5, 0.6) is 0 Å². The predicted molar refractivity (Wildman–Crippen MR) is 47.3 cm³/mol. The maximum atomic E-state index is 10.7. The molecule has 2 heteroatoms. The van der Waals surface area contributed by atoms with Gasteiger partial charge in [-0.2, -0.15) is 0 Å². The minimum atomic E-state index is -0.0576. The van der Waals surface area contributed by atoms with Crippen LogP contribution in [0.15, 0.2) is 23.8 Å². The highest BCUT2D eigenvalue weighted by Gasteiger charge is 1.88. The fraction of sp³-hybridized carbons (Fsp3) is 0.444. The topological polar surface area (TPSA) is 29.1 Å². The van der Waals surface area contributed by atoms with Crippen molar-refractivity contribution in [3.05, 3.63) is 23.8 Å². The van der Waals surface area contributed by atoms with Gasteiger partial charge in [0, 0.05) is 13.1 Å². The van der Waals surface area contributed by atoms with Crippen LogP contribution in [0.4, 0.5) is 0 Å². The molecule has 0 unspecified atom stereocenters. The average molecular weight is 153 g/mol. The van der Waals surface area contributed by atoms with E-state index in [4.69, 9.17) is 0 Å². The Morgan fingerprint density at radius 3 is 2.45 bits per heavy atom. The summed E-state index contributed by atoms with van der Waals surface area (Å²) in [7, 11) is 1.62. The average Bonchev–Trinajstić information content (AvgIpc) is 2.06. The van der Waals surface area contributed by atoms with Crippen LogP contribution in [0.2, 0.25) is 0 Å². The third kappa shape index (κ3) is 4.37. The number of nitrogens with one attached hydrogen (secondary N) is 1. The zero-order valence-corrected chi connectivity index (χ0v) is 7.35. The first kappa shape index (κ1) is 9.95. The molecular formula is C9H15NO. The van der Waals surface area contributed by atoms with E-state index in [1.807, 2.05) is 19.1 Å². The van der Waals surface area contributed by atoms with Crippen molar-refractivity contribution in [2.24, 2.45) is 0 Å². The van der Waals surface area contributed by atoms with Crippen molar-refractivity contribution in [2.75, 3.05) is 7.05 Å². The number of likely N-dealkylation sites (N-methyl/N-ethyl adjacent to an activating group) is 1. The van der Waals surface area contributed by atoms with Crippen molar-refractivity contribution in [1.82, 2.24) is 5.32 Å². The van der Waals surface area contributed by atoms with Crippen LogP contribution in [0, 0.1) is 0 Å². The molecule has 0 rings (SSSR count). The SMILES string of the molecule is C/C=C(/C=C/C(=O)NC)CC. The van der Waals surface area contributed by atoms with Gasteiger partial charge in [-0.05, 0) is 13.3 Å². The lowest BCUT2D eigenvalue weighted by molar-refractivity contribution is -0.116. The van der Waals surface area contributed by atoms with Crippen LogP contribution in [0.25, 0.3) is 0 Å². The lowest BCUT2D eigenvalue weighted by atomic mass is 10.2. The molecule has 0 atom stereocenters. The first-order valence-electron chi connectivity index (χ1n) is 3.79. The third-order valence-corrected chi connectivity index (χ3v) is 1.47. The van der Waals surface area contributed by atoms with Crippen molar-refractivity contribution in [2.45, 2.75) is 20.3 Å². The number of amides is 1. The molecule has 0 heterocycles. The summed E-state index contributed by atoms with van der Waals surface area (Å²) in [5.41, 5.74) is 1.17. The van der Waals surface area contributed by atoms with Gasteiger partial charge in [0.1, 0.15) is 0 Å². The fourth-order valence-electron chi connectivity index (χ4n) is 0.684. The maximum absolute atomic E-state index is 10.7. The number of allylic oxidation sites excluding steroid dienone is 3. The van der Waals surface area contributed by atoms with Crippen LogP contribution in [0.3, 0.4) is 0 Å². The highest BCUT2D eigenvalue weighted by Crippen LogP contribution is 2.00. The first-order chi connectivity index (χ1) is 5.24. The van der Waals surface area contributed by atoms with E-state index in [1.165, 1.54) is 5.57 Å². The molecule has 0 aliphatic heterocycles. The van der Waals surface area contributed by atoms with Gasteiger partial charge in [0.25, 0.3) is 0 Å². The van der Waals surface area contributed by atoms with Crippen LogP contribution < -0.4 is 5.32 Å². The molecule has 11 heavy (non-hydrogen) atoms. The van der Waals surface area contributed by atoms with E-state index in [-0.39, 0.29) is 5.91 Å². The van der Waals surface area contributed by atoms with E-state index in [1.54, 1.807) is 13.1 Å². The molecule has 0 aromatic rings. The zero-order valence-electron chi connectivity index (χ0n) is 7.35. The highest BCUT2D eigenvalue weighted by atomic mass is 16.1. The van der Waals surface area contributed by atoms with Crippen molar-refractivity contribution in [3.8, 4) is 0 Å². The van der Waals surface area contributed by atoms with Crippen LogP contribution in [-0.4, -0.2) is 13.0 Å². The molecule has 2 nitrogen and oxygen atoms in total. The van der Waals surface area contributed by atoms with E-state index in [9.17, 15) is 4.79 Å². The Kier molecular flexibility index (Phi) is 5.17. The molecule has 0 aliphatic carbocycles. The Labute approximate surface area is 68.0 Å². The third-order valence-electron chi connectivity index (χ3n) is 1.47. The Morgan fingerprint density at radius 2 is 2.09 bits per heavy atom. The summed E-state index contributed by atoms with van der Waals surface area (Å²) < 4.78 is 0. The van der Waals surface area contributed by atoms with Gasteiger partial charge >= 0.3 is 0 Å². The highest BCUT2D eigenvalue weighted by molar-refractivity contribution is 5.87. The van der Waals surface area contributed by atoms with Crippen LogP contribution in [0.1, 0.15) is 20.3 Å². The normalized spacial score (nSPS) is 12.1.